The third kappa shape index (κ3) is 4.49. The number of unbranched alkanes of at least 4 members (excludes halogenated alkanes) is 3. The molecule has 1 rings (SSSR count). The molecule has 1 atom stereocenters. The Morgan fingerprint density at radius 3 is 2.62 bits per heavy atom. The number of nitrogens with zero attached hydrogens (tertiary/aromatic N) is 1. The molecule has 0 aromatic heterocycles. The van der Waals surface area contributed by atoms with Crippen molar-refractivity contribution in [1.82, 2.24) is 4.90 Å². The minimum absolute atomic E-state index is 0.0970. The number of carbonyl (C=O) groups excluding carboxylic acids is 1. The summed E-state index contributed by atoms with van der Waals surface area (Å²) in [5.41, 5.74) is 5.90. The largest absolute Gasteiger partial charge is 0.378 e. The van der Waals surface area contributed by atoms with E-state index in [-0.39, 0.29) is 11.9 Å². The molecule has 1 unspecified atom stereocenters. The second-order valence-electron chi connectivity index (χ2n) is 4.39. The summed E-state index contributed by atoms with van der Waals surface area (Å²) in [6.45, 7) is 4.87. The van der Waals surface area contributed by atoms with Crippen LogP contribution in [-0.4, -0.2) is 43.2 Å². The third-order valence-electron chi connectivity index (χ3n) is 3.01. The molecule has 1 heterocycles. The van der Waals surface area contributed by atoms with Gasteiger partial charge in [-0.05, 0) is 6.42 Å². The Kier molecular flexibility index (Phi) is 6.42. The van der Waals surface area contributed by atoms with Crippen molar-refractivity contribution in [3.63, 3.8) is 0 Å². The van der Waals surface area contributed by atoms with Crippen molar-refractivity contribution in [2.75, 3.05) is 26.3 Å². The first-order valence-electron chi connectivity index (χ1n) is 6.37. The second kappa shape index (κ2) is 7.63. The monoisotopic (exact) mass is 228 g/mol. The summed E-state index contributed by atoms with van der Waals surface area (Å²) in [5, 5.41) is 0. The van der Waals surface area contributed by atoms with Crippen LogP contribution in [0.15, 0.2) is 0 Å². The highest BCUT2D eigenvalue weighted by Gasteiger charge is 2.22. The number of rotatable bonds is 6. The minimum atomic E-state index is -0.310. The van der Waals surface area contributed by atoms with Crippen molar-refractivity contribution in [2.24, 2.45) is 5.73 Å². The van der Waals surface area contributed by atoms with Crippen LogP contribution in [0.25, 0.3) is 0 Å². The molecule has 0 aromatic carbocycles. The topological polar surface area (TPSA) is 55.6 Å². The van der Waals surface area contributed by atoms with Gasteiger partial charge in [0.1, 0.15) is 0 Å². The Hall–Kier alpha value is -0.610. The molecule has 4 nitrogen and oxygen atoms in total. The van der Waals surface area contributed by atoms with E-state index in [0.717, 1.165) is 12.8 Å². The first kappa shape index (κ1) is 13.5. The van der Waals surface area contributed by atoms with E-state index in [1.54, 1.807) is 0 Å². The predicted molar refractivity (Wildman–Crippen MR) is 64.1 cm³/mol. The molecule has 0 aromatic rings. The molecule has 1 amide bonds. The fourth-order valence-corrected chi connectivity index (χ4v) is 1.93. The summed E-state index contributed by atoms with van der Waals surface area (Å²) in [6, 6.07) is -0.310. The van der Waals surface area contributed by atoms with Gasteiger partial charge in [0, 0.05) is 13.1 Å². The molecule has 1 aliphatic heterocycles. The van der Waals surface area contributed by atoms with E-state index in [1.807, 2.05) is 4.90 Å². The molecule has 1 aliphatic rings. The number of hydrogen-bond acceptors (Lipinski definition) is 3. The fraction of sp³-hybridized carbons (Fsp3) is 0.917. The van der Waals surface area contributed by atoms with Gasteiger partial charge in [-0.1, -0.05) is 32.6 Å². The average Bonchev–Trinajstić information content (AvgIpc) is 2.34. The molecule has 0 bridgehead atoms. The maximum atomic E-state index is 11.9. The van der Waals surface area contributed by atoms with Crippen LogP contribution < -0.4 is 5.73 Å². The Balaban J connectivity index is 2.18. The standard InChI is InChI=1S/C12H24N2O2/c1-2-3-4-5-6-11(13)12(15)14-7-9-16-10-8-14/h11H,2-10,13H2,1H3. The van der Waals surface area contributed by atoms with Crippen LogP contribution in [-0.2, 0) is 9.53 Å². The van der Waals surface area contributed by atoms with Gasteiger partial charge in [0.05, 0.1) is 19.3 Å². The summed E-state index contributed by atoms with van der Waals surface area (Å²) in [4.78, 5) is 13.7. The predicted octanol–water partition coefficient (Wildman–Crippen LogP) is 1.14. The van der Waals surface area contributed by atoms with Crippen molar-refractivity contribution in [1.29, 1.82) is 0 Å². The van der Waals surface area contributed by atoms with Crippen LogP contribution in [0.3, 0.4) is 0 Å². The van der Waals surface area contributed by atoms with Crippen molar-refractivity contribution in [3.8, 4) is 0 Å². The summed E-state index contributed by atoms with van der Waals surface area (Å²) < 4.78 is 5.21. The Bertz CT molecular complexity index is 203. The van der Waals surface area contributed by atoms with E-state index in [1.165, 1.54) is 19.3 Å². The summed E-state index contributed by atoms with van der Waals surface area (Å²) >= 11 is 0. The zero-order valence-electron chi connectivity index (χ0n) is 10.3. The van der Waals surface area contributed by atoms with Gasteiger partial charge in [0.15, 0.2) is 0 Å². The van der Waals surface area contributed by atoms with Crippen LogP contribution in [0.5, 0.6) is 0 Å². The number of nitrogens with two attached hydrogens (primary N) is 1. The number of morpholine rings is 1. The molecule has 1 fully saturated rings. The highest BCUT2D eigenvalue weighted by molar-refractivity contribution is 5.81. The molecule has 4 heteroatoms. The van der Waals surface area contributed by atoms with Crippen LogP contribution >= 0.6 is 0 Å². The van der Waals surface area contributed by atoms with E-state index in [9.17, 15) is 4.79 Å². The molecule has 0 saturated carbocycles. The van der Waals surface area contributed by atoms with Crippen LogP contribution in [0.4, 0.5) is 0 Å². The normalized spacial score (nSPS) is 18.5. The van der Waals surface area contributed by atoms with Crippen molar-refractivity contribution >= 4 is 5.91 Å². The lowest BCUT2D eigenvalue weighted by atomic mass is 10.1. The highest BCUT2D eigenvalue weighted by Crippen LogP contribution is 2.07. The molecule has 16 heavy (non-hydrogen) atoms. The smallest absolute Gasteiger partial charge is 0.239 e. The maximum Gasteiger partial charge on any atom is 0.239 e. The first-order valence-corrected chi connectivity index (χ1v) is 6.37. The number of ether oxygens (including phenoxy) is 1. The van der Waals surface area contributed by atoms with Gasteiger partial charge in [-0.25, -0.2) is 0 Å². The van der Waals surface area contributed by atoms with Gasteiger partial charge in [-0.3, -0.25) is 4.79 Å². The molecule has 0 aliphatic carbocycles. The molecule has 94 valence electrons. The van der Waals surface area contributed by atoms with E-state index in [0.29, 0.717) is 26.3 Å². The molecular weight excluding hydrogens is 204 g/mol. The van der Waals surface area contributed by atoms with E-state index < -0.39 is 0 Å². The van der Waals surface area contributed by atoms with Gasteiger partial charge >= 0.3 is 0 Å². The summed E-state index contributed by atoms with van der Waals surface area (Å²) in [6.07, 6.45) is 5.51. The average molecular weight is 228 g/mol. The number of carbonyl (C=O) groups is 1. The van der Waals surface area contributed by atoms with E-state index in [2.05, 4.69) is 6.92 Å². The lowest BCUT2D eigenvalue weighted by Gasteiger charge is -2.29. The maximum absolute atomic E-state index is 11.9. The minimum Gasteiger partial charge on any atom is -0.378 e. The lowest BCUT2D eigenvalue weighted by molar-refractivity contribution is -0.136. The van der Waals surface area contributed by atoms with Gasteiger partial charge in [-0.15, -0.1) is 0 Å². The van der Waals surface area contributed by atoms with Gasteiger partial charge in [-0.2, -0.15) is 0 Å². The SMILES string of the molecule is CCCCCCC(N)C(=O)N1CCOCC1. The molecule has 1 saturated heterocycles. The lowest BCUT2D eigenvalue weighted by Crippen LogP contribution is -2.48. The van der Waals surface area contributed by atoms with Gasteiger partial charge in [0.2, 0.25) is 5.91 Å². The van der Waals surface area contributed by atoms with Crippen molar-refractivity contribution < 1.29 is 9.53 Å². The zero-order chi connectivity index (χ0) is 11.8. The van der Waals surface area contributed by atoms with E-state index in [4.69, 9.17) is 10.5 Å². The molecule has 2 N–H and O–H groups in total. The Morgan fingerprint density at radius 2 is 2.00 bits per heavy atom. The molecule has 0 radical (unpaired) electrons. The van der Waals surface area contributed by atoms with Crippen LogP contribution in [0.2, 0.25) is 0 Å². The Morgan fingerprint density at radius 1 is 1.31 bits per heavy atom. The van der Waals surface area contributed by atoms with Gasteiger partial charge < -0.3 is 15.4 Å². The summed E-state index contributed by atoms with van der Waals surface area (Å²) in [7, 11) is 0. The molecule has 0 spiro atoms. The fourth-order valence-electron chi connectivity index (χ4n) is 1.93. The van der Waals surface area contributed by atoms with Crippen LogP contribution in [0.1, 0.15) is 39.0 Å². The number of hydrogen-bond donors (Lipinski definition) is 1. The zero-order valence-corrected chi connectivity index (χ0v) is 10.3. The second-order valence-corrected chi connectivity index (χ2v) is 4.39. The van der Waals surface area contributed by atoms with Crippen LogP contribution in [0, 0.1) is 0 Å². The van der Waals surface area contributed by atoms with Crippen molar-refractivity contribution in [3.05, 3.63) is 0 Å². The summed E-state index contributed by atoms with van der Waals surface area (Å²) in [5.74, 6) is 0.0970. The highest BCUT2D eigenvalue weighted by atomic mass is 16.5. The van der Waals surface area contributed by atoms with Gasteiger partial charge in [0.25, 0.3) is 0 Å². The molecular formula is C12H24N2O2. The van der Waals surface area contributed by atoms with Crippen molar-refractivity contribution in [2.45, 2.75) is 45.1 Å². The van der Waals surface area contributed by atoms with E-state index >= 15 is 0 Å². The number of amides is 1. The quantitative estimate of drug-likeness (QED) is 0.694. The third-order valence-corrected chi connectivity index (χ3v) is 3.01. The first-order chi connectivity index (χ1) is 7.75. The Labute approximate surface area is 98.1 Å².